The SMILES string of the molecule is CC(C)C(NC(=O)C1CC12CCNCC2)c1ccc(Cl)cc1. The molecule has 120 valence electrons. The quantitative estimate of drug-likeness (QED) is 0.891. The molecule has 2 fully saturated rings. The van der Waals surface area contributed by atoms with Crippen LogP contribution in [-0.2, 0) is 4.79 Å². The Kier molecular flexibility index (Phi) is 4.47. The highest BCUT2D eigenvalue weighted by Gasteiger charge is 2.57. The van der Waals surface area contributed by atoms with E-state index in [4.69, 9.17) is 11.6 Å². The highest BCUT2D eigenvalue weighted by atomic mass is 35.5. The van der Waals surface area contributed by atoms with Gasteiger partial charge in [0.15, 0.2) is 0 Å². The third-order valence-electron chi connectivity index (χ3n) is 5.30. The van der Waals surface area contributed by atoms with Crippen LogP contribution in [0, 0.1) is 17.3 Å². The fourth-order valence-corrected chi connectivity index (χ4v) is 3.88. The van der Waals surface area contributed by atoms with Crippen LogP contribution < -0.4 is 10.6 Å². The van der Waals surface area contributed by atoms with Gasteiger partial charge in [0.25, 0.3) is 0 Å². The maximum absolute atomic E-state index is 12.7. The van der Waals surface area contributed by atoms with E-state index < -0.39 is 0 Å². The Morgan fingerprint density at radius 3 is 2.50 bits per heavy atom. The third kappa shape index (κ3) is 3.16. The predicted octanol–water partition coefficient (Wildman–Crippen LogP) is 3.54. The van der Waals surface area contributed by atoms with Gasteiger partial charge in [-0.2, -0.15) is 0 Å². The van der Waals surface area contributed by atoms with Crippen LogP contribution in [0.25, 0.3) is 0 Å². The molecule has 22 heavy (non-hydrogen) atoms. The van der Waals surface area contributed by atoms with E-state index in [1.54, 1.807) is 0 Å². The number of nitrogens with one attached hydrogen (secondary N) is 2. The Bertz CT molecular complexity index is 535. The fourth-order valence-electron chi connectivity index (χ4n) is 3.75. The Hall–Kier alpha value is -1.06. The lowest BCUT2D eigenvalue weighted by Crippen LogP contribution is -2.36. The highest BCUT2D eigenvalue weighted by Crippen LogP contribution is 2.58. The van der Waals surface area contributed by atoms with Crippen molar-refractivity contribution in [1.82, 2.24) is 10.6 Å². The summed E-state index contributed by atoms with van der Waals surface area (Å²) in [4.78, 5) is 12.7. The fraction of sp³-hybridized carbons (Fsp3) is 0.611. The molecule has 1 aliphatic heterocycles. The van der Waals surface area contributed by atoms with E-state index in [0.29, 0.717) is 5.92 Å². The number of hydrogen-bond acceptors (Lipinski definition) is 2. The largest absolute Gasteiger partial charge is 0.349 e. The lowest BCUT2D eigenvalue weighted by atomic mass is 9.91. The number of carbonyl (C=O) groups is 1. The number of amides is 1. The summed E-state index contributed by atoms with van der Waals surface area (Å²) in [6.07, 6.45) is 3.34. The first kappa shape index (κ1) is 15.8. The number of halogens is 1. The van der Waals surface area contributed by atoms with E-state index in [-0.39, 0.29) is 23.3 Å². The Morgan fingerprint density at radius 2 is 1.91 bits per heavy atom. The molecule has 1 saturated carbocycles. The number of carbonyl (C=O) groups excluding carboxylic acids is 1. The second-order valence-electron chi connectivity index (χ2n) is 7.15. The summed E-state index contributed by atoms with van der Waals surface area (Å²) >= 11 is 5.97. The number of benzene rings is 1. The molecule has 3 nitrogen and oxygen atoms in total. The van der Waals surface area contributed by atoms with Crippen molar-refractivity contribution < 1.29 is 4.79 Å². The molecular weight excluding hydrogens is 296 g/mol. The van der Waals surface area contributed by atoms with E-state index in [1.165, 1.54) is 0 Å². The van der Waals surface area contributed by atoms with Crippen molar-refractivity contribution in [3.63, 3.8) is 0 Å². The van der Waals surface area contributed by atoms with Gasteiger partial charge in [-0.25, -0.2) is 0 Å². The number of piperidine rings is 1. The minimum Gasteiger partial charge on any atom is -0.349 e. The summed E-state index contributed by atoms with van der Waals surface area (Å²) in [6.45, 7) is 6.39. The summed E-state index contributed by atoms with van der Waals surface area (Å²) in [5.41, 5.74) is 1.42. The maximum atomic E-state index is 12.7. The number of rotatable bonds is 4. The van der Waals surface area contributed by atoms with E-state index >= 15 is 0 Å². The second-order valence-corrected chi connectivity index (χ2v) is 7.59. The molecule has 1 saturated heterocycles. The average Bonchev–Trinajstić information content (AvgIpc) is 3.19. The second kappa shape index (κ2) is 6.21. The van der Waals surface area contributed by atoms with Crippen LogP contribution in [0.1, 0.15) is 44.7 Å². The lowest BCUT2D eigenvalue weighted by molar-refractivity contribution is -0.124. The van der Waals surface area contributed by atoms with E-state index in [0.717, 1.165) is 42.9 Å². The number of hydrogen-bond donors (Lipinski definition) is 2. The van der Waals surface area contributed by atoms with Crippen molar-refractivity contribution in [2.45, 2.75) is 39.2 Å². The highest BCUT2D eigenvalue weighted by molar-refractivity contribution is 6.30. The minimum atomic E-state index is 0.0594. The van der Waals surface area contributed by atoms with Crippen molar-refractivity contribution in [3.05, 3.63) is 34.9 Å². The van der Waals surface area contributed by atoms with Gasteiger partial charge in [-0.3, -0.25) is 4.79 Å². The Labute approximate surface area is 137 Å². The minimum absolute atomic E-state index is 0.0594. The van der Waals surface area contributed by atoms with Crippen molar-refractivity contribution in [1.29, 1.82) is 0 Å². The van der Waals surface area contributed by atoms with Crippen LogP contribution in [0.2, 0.25) is 5.02 Å². The predicted molar refractivity (Wildman–Crippen MR) is 89.8 cm³/mol. The van der Waals surface area contributed by atoms with Crippen molar-refractivity contribution in [2.24, 2.45) is 17.3 Å². The molecule has 0 bridgehead atoms. The third-order valence-corrected chi connectivity index (χ3v) is 5.55. The van der Waals surface area contributed by atoms with Crippen LogP contribution in [0.15, 0.2) is 24.3 Å². The van der Waals surface area contributed by atoms with Crippen LogP contribution in [0.3, 0.4) is 0 Å². The molecule has 4 heteroatoms. The summed E-state index contributed by atoms with van der Waals surface area (Å²) in [6, 6.07) is 7.87. The molecule has 1 heterocycles. The van der Waals surface area contributed by atoms with Crippen molar-refractivity contribution in [2.75, 3.05) is 13.1 Å². The van der Waals surface area contributed by atoms with Gasteiger partial charge in [0.2, 0.25) is 5.91 Å². The zero-order chi connectivity index (χ0) is 15.7. The molecule has 2 aliphatic rings. The van der Waals surface area contributed by atoms with Crippen LogP contribution in [0.4, 0.5) is 0 Å². The van der Waals surface area contributed by atoms with E-state index in [1.807, 2.05) is 24.3 Å². The average molecular weight is 321 g/mol. The zero-order valence-corrected chi connectivity index (χ0v) is 14.1. The normalized spacial score (nSPS) is 24.3. The van der Waals surface area contributed by atoms with Gasteiger partial charge in [-0.05, 0) is 61.4 Å². The summed E-state index contributed by atoms with van der Waals surface area (Å²) < 4.78 is 0. The summed E-state index contributed by atoms with van der Waals surface area (Å²) in [5.74, 6) is 0.798. The van der Waals surface area contributed by atoms with Crippen LogP contribution in [-0.4, -0.2) is 19.0 Å². The van der Waals surface area contributed by atoms with Crippen molar-refractivity contribution in [3.8, 4) is 0 Å². The molecule has 0 aromatic heterocycles. The molecule has 1 aliphatic carbocycles. The summed E-state index contributed by atoms with van der Waals surface area (Å²) in [7, 11) is 0. The smallest absolute Gasteiger partial charge is 0.224 e. The topological polar surface area (TPSA) is 41.1 Å². The first-order chi connectivity index (χ1) is 10.5. The standard InChI is InChI=1S/C18H25ClN2O/c1-12(2)16(13-3-5-14(19)6-4-13)21-17(22)15-11-18(15)7-9-20-10-8-18/h3-6,12,15-16,20H,7-11H2,1-2H3,(H,21,22). The molecule has 2 unspecified atom stereocenters. The van der Waals surface area contributed by atoms with Crippen molar-refractivity contribution >= 4 is 17.5 Å². The zero-order valence-electron chi connectivity index (χ0n) is 13.4. The van der Waals surface area contributed by atoms with Gasteiger partial charge in [-0.15, -0.1) is 0 Å². The van der Waals surface area contributed by atoms with Gasteiger partial charge in [-0.1, -0.05) is 37.6 Å². The van der Waals surface area contributed by atoms with Gasteiger partial charge in [0.05, 0.1) is 6.04 Å². The monoisotopic (exact) mass is 320 g/mol. The molecule has 2 N–H and O–H groups in total. The maximum Gasteiger partial charge on any atom is 0.224 e. The van der Waals surface area contributed by atoms with Gasteiger partial charge in [0, 0.05) is 10.9 Å². The van der Waals surface area contributed by atoms with Crippen LogP contribution >= 0.6 is 11.6 Å². The molecule has 1 aromatic carbocycles. The first-order valence-electron chi connectivity index (χ1n) is 8.28. The molecule has 3 rings (SSSR count). The van der Waals surface area contributed by atoms with Gasteiger partial charge >= 0.3 is 0 Å². The molecule has 1 amide bonds. The summed E-state index contributed by atoms with van der Waals surface area (Å²) in [5, 5.41) is 7.40. The lowest BCUT2D eigenvalue weighted by Gasteiger charge is -2.26. The van der Waals surface area contributed by atoms with E-state index in [2.05, 4.69) is 24.5 Å². The van der Waals surface area contributed by atoms with Gasteiger partial charge in [0.1, 0.15) is 0 Å². The Morgan fingerprint density at radius 1 is 1.27 bits per heavy atom. The first-order valence-corrected chi connectivity index (χ1v) is 8.66. The molecule has 0 radical (unpaired) electrons. The van der Waals surface area contributed by atoms with Gasteiger partial charge < -0.3 is 10.6 Å². The molecule has 1 spiro atoms. The molecular formula is C18H25ClN2O. The Balaban J connectivity index is 1.67. The van der Waals surface area contributed by atoms with E-state index in [9.17, 15) is 4.79 Å². The van der Waals surface area contributed by atoms with Crippen LogP contribution in [0.5, 0.6) is 0 Å². The molecule has 1 aromatic rings. The molecule has 2 atom stereocenters.